The molecule has 1 aliphatic rings. The molecule has 0 atom stereocenters. The van der Waals surface area contributed by atoms with Gasteiger partial charge in [-0.2, -0.15) is 0 Å². The van der Waals surface area contributed by atoms with Crippen molar-refractivity contribution in [1.82, 2.24) is 0 Å². The van der Waals surface area contributed by atoms with Crippen LogP contribution in [0.3, 0.4) is 0 Å². The Hall–Kier alpha value is -2.82. The van der Waals surface area contributed by atoms with E-state index in [1.165, 1.54) is 16.7 Å². The second kappa shape index (κ2) is 8.13. The first-order valence-corrected chi connectivity index (χ1v) is 10.8. The van der Waals surface area contributed by atoms with E-state index < -0.39 is 0 Å². The van der Waals surface area contributed by atoms with Crippen molar-refractivity contribution in [2.45, 2.75) is 25.7 Å². The largest absolute Gasteiger partial charge is 0.272 e. The molecule has 0 spiro atoms. The van der Waals surface area contributed by atoms with E-state index in [4.69, 9.17) is 11.6 Å². The van der Waals surface area contributed by atoms with Crippen LogP contribution in [0.4, 0.5) is 5.69 Å². The number of thioether (sulfide) groups is 1. The molecule has 0 unspecified atom stereocenters. The van der Waals surface area contributed by atoms with Gasteiger partial charge in [-0.15, -0.1) is 0 Å². The van der Waals surface area contributed by atoms with Crippen LogP contribution in [-0.2, 0) is 9.59 Å². The molecule has 0 N–H and O–H groups in total. The highest BCUT2D eigenvalue weighted by Gasteiger charge is 2.41. The number of imide groups is 1. The van der Waals surface area contributed by atoms with Gasteiger partial charge in [0.15, 0.2) is 0 Å². The van der Waals surface area contributed by atoms with Gasteiger partial charge in [-0.3, -0.25) is 9.59 Å². The van der Waals surface area contributed by atoms with Crippen LogP contribution in [0.5, 0.6) is 0 Å². The number of aryl methyl sites for hydroxylation is 3. The zero-order chi connectivity index (χ0) is 21.4. The van der Waals surface area contributed by atoms with Crippen LogP contribution in [-0.4, -0.2) is 11.8 Å². The summed E-state index contributed by atoms with van der Waals surface area (Å²) in [6.45, 7) is 5.85. The third-order valence-electron chi connectivity index (χ3n) is 5.02. The molecule has 0 fully saturated rings. The molecule has 1 aliphatic heterocycles. The van der Waals surface area contributed by atoms with Gasteiger partial charge in [0.25, 0.3) is 11.8 Å². The Kier molecular flexibility index (Phi) is 5.54. The molecule has 0 aliphatic carbocycles. The van der Waals surface area contributed by atoms with Gasteiger partial charge in [0, 0.05) is 9.92 Å². The molecule has 2 amide bonds. The topological polar surface area (TPSA) is 37.4 Å². The predicted octanol–water partition coefficient (Wildman–Crippen LogP) is 6.34. The standard InChI is InChI=1S/C25H20ClNO2S/c1-15-5-8-18(9-6-15)22-23(30-20-12-10-19(26)11-13-20)25(29)27(24(22)28)21-14-16(2)4-7-17(21)3/h4-14H,1-3H3. The third-order valence-corrected chi connectivity index (χ3v) is 6.36. The van der Waals surface area contributed by atoms with Gasteiger partial charge in [0.1, 0.15) is 0 Å². The number of carbonyl (C=O) groups is 2. The zero-order valence-corrected chi connectivity index (χ0v) is 18.5. The minimum atomic E-state index is -0.302. The third kappa shape index (κ3) is 3.81. The normalized spacial score (nSPS) is 14.1. The van der Waals surface area contributed by atoms with E-state index in [0.29, 0.717) is 21.2 Å². The van der Waals surface area contributed by atoms with E-state index in [1.807, 2.05) is 75.4 Å². The highest BCUT2D eigenvalue weighted by molar-refractivity contribution is 8.04. The first kappa shape index (κ1) is 20.5. The van der Waals surface area contributed by atoms with Crippen LogP contribution >= 0.6 is 23.4 Å². The van der Waals surface area contributed by atoms with E-state index in [1.54, 1.807) is 12.1 Å². The summed E-state index contributed by atoms with van der Waals surface area (Å²) in [7, 11) is 0. The van der Waals surface area contributed by atoms with E-state index in [0.717, 1.165) is 27.1 Å². The second-order valence-corrected chi connectivity index (χ2v) is 8.88. The van der Waals surface area contributed by atoms with Gasteiger partial charge >= 0.3 is 0 Å². The molecule has 0 saturated carbocycles. The van der Waals surface area contributed by atoms with Crippen LogP contribution in [0.15, 0.2) is 76.5 Å². The van der Waals surface area contributed by atoms with Crippen molar-refractivity contribution in [2.24, 2.45) is 0 Å². The molecule has 0 bridgehead atoms. The maximum absolute atomic E-state index is 13.5. The summed E-state index contributed by atoms with van der Waals surface area (Å²) >= 11 is 7.30. The predicted molar refractivity (Wildman–Crippen MR) is 124 cm³/mol. The monoisotopic (exact) mass is 433 g/mol. The van der Waals surface area contributed by atoms with E-state index in [2.05, 4.69) is 0 Å². The number of anilines is 1. The van der Waals surface area contributed by atoms with Crippen molar-refractivity contribution in [3.63, 3.8) is 0 Å². The maximum Gasteiger partial charge on any atom is 0.272 e. The molecule has 4 rings (SSSR count). The van der Waals surface area contributed by atoms with Gasteiger partial charge in [0.2, 0.25) is 0 Å². The Morgan fingerprint density at radius 2 is 1.40 bits per heavy atom. The Balaban J connectivity index is 1.84. The number of hydrogen-bond acceptors (Lipinski definition) is 3. The molecule has 0 saturated heterocycles. The lowest BCUT2D eigenvalue weighted by Crippen LogP contribution is -2.32. The first-order valence-electron chi connectivity index (χ1n) is 9.56. The highest BCUT2D eigenvalue weighted by Crippen LogP contribution is 2.42. The van der Waals surface area contributed by atoms with Gasteiger partial charge in [-0.25, -0.2) is 4.90 Å². The number of benzene rings is 3. The van der Waals surface area contributed by atoms with Crippen LogP contribution < -0.4 is 4.90 Å². The molecular weight excluding hydrogens is 414 g/mol. The van der Waals surface area contributed by atoms with Crippen molar-refractivity contribution in [2.75, 3.05) is 4.90 Å². The molecule has 0 radical (unpaired) electrons. The van der Waals surface area contributed by atoms with Crippen molar-refractivity contribution in [1.29, 1.82) is 0 Å². The molecule has 1 heterocycles. The summed E-state index contributed by atoms with van der Waals surface area (Å²) in [5.41, 5.74) is 4.76. The molecule has 3 nitrogen and oxygen atoms in total. The van der Waals surface area contributed by atoms with Gasteiger partial charge in [0.05, 0.1) is 16.2 Å². The van der Waals surface area contributed by atoms with Crippen LogP contribution in [0.2, 0.25) is 5.02 Å². The summed E-state index contributed by atoms with van der Waals surface area (Å²) in [5, 5.41) is 0.623. The Labute approximate surface area is 185 Å². The number of amides is 2. The summed E-state index contributed by atoms with van der Waals surface area (Å²) in [5.74, 6) is -0.599. The van der Waals surface area contributed by atoms with Crippen LogP contribution in [0, 0.1) is 20.8 Å². The lowest BCUT2D eigenvalue weighted by atomic mass is 10.0. The van der Waals surface area contributed by atoms with E-state index in [-0.39, 0.29) is 11.8 Å². The Morgan fingerprint density at radius 3 is 2.07 bits per heavy atom. The van der Waals surface area contributed by atoms with Gasteiger partial charge in [-0.05, 0) is 67.8 Å². The number of rotatable bonds is 4. The number of hydrogen-bond donors (Lipinski definition) is 0. The summed E-state index contributed by atoms with van der Waals surface area (Å²) in [4.78, 5) is 29.6. The maximum atomic E-state index is 13.5. The Bertz CT molecular complexity index is 1180. The van der Waals surface area contributed by atoms with Gasteiger partial charge in [-0.1, -0.05) is 65.3 Å². The van der Waals surface area contributed by atoms with E-state index in [9.17, 15) is 9.59 Å². The van der Waals surface area contributed by atoms with Crippen molar-refractivity contribution < 1.29 is 9.59 Å². The van der Waals surface area contributed by atoms with Crippen LogP contribution in [0.25, 0.3) is 5.57 Å². The first-order chi connectivity index (χ1) is 14.3. The second-order valence-electron chi connectivity index (χ2n) is 7.36. The average molecular weight is 434 g/mol. The number of halogens is 1. The lowest BCUT2D eigenvalue weighted by Gasteiger charge is -2.18. The molecule has 150 valence electrons. The zero-order valence-electron chi connectivity index (χ0n) is 16.9. The molecule has 3 aromatic rings. The van der Waals surface area contributed by atoms with Gasteiger partial charge < -0.3 is 0 Å². The van der Waals surface area contributed by atoms with Crippen molar-refractivity contribution in [3.05, 3.63) is 98.9 Å². The fraction of sp³-hybridized carbons (Fsp3) is 0.120. The molecule has 3 aromatic carbocycles. The van der Waals surface area contributed by atoms with Crippen molar-refractivity contribution >= 4 is 46.4 Å². The van der Waals surface area contributed by atoms with Crippen molar-refractivity contribution in [3.8, 4) is 0 Å². The minimum Gasteiger partial charge on any atom is -0.268 e. The smallest absolute Gasteiger partial charge is 0.268 e. The van der Waals surface area contributed by atoms with E-state index >= 15 is 0 Å². The number of nitrogens with zero attached hydrogens (tertiary/aromatic N) is 1. The molecular formula is C25H20ClNO2S. The summed E-state index contributed by atoms with van der Waals surface area (Å²) in [6, 6.07) is 20.7. The summed E-state index contributed by atoms with van der Waals surface area (Å²) in [6.07, 6.45) is 0. The summed E-state index contributed by atoms with van der Waals surface area (Å²) < 4.78 is 0. The fourth-order valence-electron chi connectivity index (χ4n) is 3.38. The quantitative estimate of drug-likeness (QED) is 0.450. The molecule has 5 heteroatoms. The number of carbonyl (C=O) groups excluding carboxylic acids is 2. The average Bonchev–Trinajstić information content (AvgIpc) is 2.96. The SMILES string of the molecule is Cc1ccc(C2=C(Sc3ccc(Cl)cc3)C(=O)N(c3cc(C)ccc3C)C2=O)cc1. The fourth-order valence-corrected chi connectivity index (χ4v) is 4.50. The van der Waals surface area contributed by atoms with Crippen LogP contribution in [0.1, 0.15) is 22.3 Å². The highest BCUT2D eigenvalue weighted by atomic mass is 35.5. The molecule has 30 heavy (non-hydrogen) atoms. The lowest BCUT2D eigenvalue weighted by molar-refractivity contribution is -0.119. The minimum absolute atomic E-state index is 0.297. The molecule has 0 aromatic heterocycles. The Morgan fingerprint density at radius 1 is 0.767 bits per heavy atom.